The average Bonchev–Trinajstić information content (AvgIpc) is 3.52. The van der Waals surface area contributed by atoms with Crippen molar-refractivity contribution in [3.8, 4) is 0 Å². The third-order valence-corrected chi connectivity index (χ3v) is 7.36. The number of H-pyrrole nitrogens is 1. The predicted molar refractivity (Wildman–Crippen MR) is 139 cm³/mol. The topological polar surface area (TPSA) is 133 Å². The summed E-state index contributed by atoms with van der Waals surface area (Å²) >= 11 is 0. The number of aliphatic hydroxyl groups is 3. The standard InChI is InChI=1S/C29H26N4O5/c34-22-23(35)28(33-17-32-21-26(33)30-16-31-27(21)37)38-24(22)25(36)29(18-10-4-1-5-11-18,19-12-6-2-7-13-19)20-14-8-3-9-15-20/h1-17,22-25,28,34-36H,(H,30,31,37)/t22-,23+,24-,25?,28+/m0/s1. The number of nitrogens with zero attached hydrogens (tertiary/aromatic N) is 3. The van der Waals surface area contributed by atoms with Crippen molar-refractivity contribution in [1.29, 1.82) is 0 Å². The summed E-state index contributed by atoms with van der Waals surface area (Å²) in [5, 5.41) is 34.7. The molecule has 6 rings (SSSR count). The number of fused-ring (bicyclic) bond motifs is 1. The third-order valence-electron chi connectivity index (χ3n) is 7.36. The maximum atomic E-state index is 12.3. The van der Waals surface area contributed by atoms with Gasteiger partial charge in [-0.2, -0.15) is 0 Å². The highest BCUT2D eigenvalue weighted by Gasteiger charge is 2.55. The van der Waals surface area contributed by atoms with E-state index in [1.54, 1.807) is 0 Å². The Balaban J connectivity index is 1.51. The van der Waals surface area contributed by atoms with E-state index in [9.17, 15) is 20.1 Å². The van der Waals surface area contributed by atoms with Gasteiger partial charge in [0.05, 0.1) is 18.1 Å². The zero-order chi connectivity index (χ0) is 26.3. The van der Waals surface area contributed by atoms with Crippen LogP contribution in [0.4, 0.5) is 0 Å². The summed E-state index contributed by atoms with van der Waals surface area (Å²) in [6.07, 6.45) is -3.99. The molecule has 192 valence electrons. The van der Waals surface area contributed by atoms with Gasteiger partial charge in [-0.25, -0.2) is 9.97 Å². The molecule has 1 fully saturated rings. The lowest BCUT2D eigenvalue weighted by Crippen LogP contribution is -2.52. The molecule has 38 heavy (non-hydrogen) atoms. The first-order valence-corrected chi connectivity index (χ1v) is 12.3. The van der Waals surface area contributed by atoms with Gasteiger partial charge in [-0.3, -0.25) is 9.36 Å². The van der Waals surface area contributed by atoms with Crippen LogP contribution in [0.3, 0.4) is 0 Å². The van der Waals surface area contributed by atoms with Crippen LogP contribution >= 0.6 is 0 Å². The van der Waals surface area contributed by atoms with Crippen molar-refractivity contribution in [2.24, 2.45) is 0 Å². The predicted octanol–water partition coefficient (Wildman–Crippen LogP) is 2.13. The van der Waals surface area contributed by atoms with E-state index in [4.69, 9.17) is 4.74 Å². The number of ether oxygens (including phenoxy) is 1. The van der Waals surface area contributed by atoms with Gasteiger partial charge in [0.1, 0.15) is 24.4 Å². The fourth-order valence-corrected chi connectivity index (χ4v) is 5.59. The fourth-order valence-electron chi connectivity index (χ4n) is 5.59. The molecule has 1 aliphatic heterocycles. The molecule has 3 aromatic carbocycles. The van der Waals surface area contributed by atoms with Crippen molar-refractivity contribution in [1.82, 2.24) is 19.5 Å². The summed E-state index contributed by atoms with van der Waals surface area (Å²) in [6, 6.07) is 28.6. The average molecular weight is 511 g/mol. The Kier molecular flexibility index (Phi) is 6.13. The van der Waals surface area contributed by atoms with E-state index in [2.05, 4.69) is 15.0 Å². The van der Waals surface area contributed by atoms with Crippen LogP contribution in [0.15, 0.2) is 108 Å². The number of aromatic nitrogens is 4. The molecule has 9 heteroatoms. The van der Waals surface area contributed by atoms with Crippen LogP contribution in [0.2, 0.25) is 0 Å². The van der Waals surface area contributed by atoms with E-state index in [1.165, 1.54) is 17.2 Å². The van der Waals surface area contributed by atoms with Gasteiger partial charge >= 0.3 is 0 Å². The number of benzene rings is 3. The van der Waals surface area contributed by atoms with Crippen LogP contribution in [0, 0.1) is 0 Å². The Morgan fingerprint density at radius 2 is 1.34 bits per heavy atom. The normalized spacial score (nSPS) is 22.5. The maximum absolute atomic E-state index is 12.3. The largest absolute Gasteiger partial charge is 0.389 e. The highest BCUT2D eigenvalue weighted by atomic mass is 16.6. The lowest BCUT2D eigenvalue weighted by atomic mass is 9.64. The second kappa shape index (κ2) is 9.62. The molecule has 1 saturated heterocycles. The van der Waals surface area contributed by atoms with Crippen molar-refractivity contribution in [2.75, 3.05) is 0 Å². The Bertz CT molecular complexity index is 1490. The molecule has 5 aromatic rings. The van der Waals surface area contributed by atoms with E-state index in [1.807, 2.05) is 91.0 Å². The number of nitrogens with one attached hydrogen (secondary N) is 1. The summed E-state index contributed by atoms with van der Waals surface area (Å²) in [7, 11) is 0. The molecule has 0 bridgehead atoms. The summed E-state index contributed by atoms with van der Waals surface area (Å²) in [5.41, 5.74) is 1.06. The van der Waals surface area contributed by atoms with Crippen LogP contribution in [0.25, 0.3) is 11.2 Å². The number of imidazole rings is 1. The Hall–Kier alpha value is -4.15. The molecule has 0 radical (unpaired) electrons. The van der Waals surface area contributed by atoms with Gasteiger partial charge in [-0.1, -0.05) is 91.0 Å². The van der Waals surface area contributed by atoms with Crippen molar-refractivity contribution < 1.29 is 20.1 Å². The number of aromatic amines is 1. The number of rotatable bonds is 6. The Labute approximate surface area is 217 Å². The Morgan fingerprint density at radius 1 is 0.816 bits per heavy atom. The SMILES string of the molecule is O=c1[nH]cnc2c1ncn2[C@@H]1O[C@H](C(O)C(c2ccccc2)(c2ccccc2)c2ccccc2)[C@@H](O)[C@H]1O. The zero-order valence-electron chi connectivity index (χ0n) is 20.2. The molecule has 9 nitrogen and oxygen atoms in total. The van der Waals surface area contributed by atoms with Crippen molar-refractivity contribution in [2.45, 2.75) is 36.1 Å². The van der Waals surface area contributed by atoms with Gasteiger partial charge in [0.2, 0.25) is 0 Å². The fraction of sp³-hybridized carbons (Fsp3) is 0.207. The van der Waals surface area contributed by atoms with E-state index in [0.717, 1.165) is 16.7 Å². The first-order valence-electron chi connectivity index (χ1n) is 12.3. The van der Waals surface area contributed by atoms with E-state index >= 15 is 0 Å². The molecule has 0 saturated carbocycles. The molecule has 1 aliphatic rings. The molecular weight excluding hydrogens is 484 g/mol. The van der Waals surface area contributed by atoms with Gasteiger partial charge in [-0.15, -0.1) is 0 Å². The first kappa shape index (κ1) is 24.2. The second-order valence-corrected chi connectivity index (χ2v) is 9.38. The number of aliphatic hydroxyl groups excluding tert-OH is 3. The van der Waals surface area contributed by atoms with Crippen molar-refractivity contribution >= 4 is 11.2 Å². The van der Waals surface area contributed by atoms with E-state index in [-0.39, 0.29) is 11.2 Å². The maximum Gasteiger partial charge on any atom is 0.278 e. The summed E-state index contributed by atoms with van der Waals surface area (Å²) in [6.45, 7) is 0. The highest BCUT2D eigenvalue weighted by molar-refractivity contribution is 5.69. The van der Waals surface area contributed by atoms with E-state index < -0.39 is 41.6 Å². The molecule has 4 N–H and O–H groups in total. The zero-order valence-corrected chi connectivity index (χ0v) is 20.2. The monoisotopic (exact) mass is 510 g/mol. The molecule has 0 spiro atoms. The molecule has 0 aliphatic carbocycles. The van der Waals surface area contributed by atoms with Gasteiger partial charge in [0.15, 0.2) is 17.4 Å². The Morgan fingerprint density at radius 3 is 1.87 bits per heavy atom. The molecule has 5 atom stereocenters. The molecular formula is C29H26N4O5. The van der Waals surface area contributed by atoms with Gasteiger partial charge in [0, 0.05) is 0 Å². The van der Waals surface area contributed by atoms with Crippen LogP contribution < -0.4 is 5.56 Å². The lowest BCUT2D eigenvalue weighted by molar-refractivity contribution is -0.0972. The van der Waals surface area contributed by atoms with Crippen LogP contribution in [0.1, 0.15) is 22.9 Å². The minimum absolute atomic E-state index is 0.0778. The highest BCUT2D eigenvalue weighted by Crippen LogP contribution is 2.46. The minimum Gasteiger partial charge on any atom is -0.389 e. The number of hydrogen-bond donors (Lipinski definition) is 4. The smallest absolute Gasteiger partial charge is 0.278 e. The molecule has 2 aromatic heterocycles. The minimum atomic E-state index is -1.45. The second-order valence-electron chi connectivity index (χ2n) is 9.38. The molecule has 3 heterocycles. The van der Waals surface area contributed by atoms with Gasteiger partial charge in [-0.05, 0) is 16.7 Å². The number of hydrogen-bond acceptors (Lipinski definition) is 7. The van der Waals surface area contributed by atoms with Gasteiger partial charge in [0.25, 0.3) is 5.56 Å². The van der Waals surface area contributed by atoms with Gasteiger partial charge < -0.3 is 25.0 Å². The van der Waals surface area contributed by atoms with Crippen molar-refractivity contribution in [3.63, 3.8) is 0 Å². The third kappa shape index (κ3) is 3.67. The molecule has 0 amide bonds. The van der Waals surface area contributed by atoms with Crippen LogP contribution in [0.5, 0.6) is 0 Å². The van der Waals surface area contributed by atoms with Crippen LogP contribution in [-0.2, 0) is 10.2 Å². The molecule has 1 unspecified atom stereocenters. The first-order chi connectivity index (χ1) is 18.5. The summed E-state index contributed by atoms with van der Waals surface area (Å²) in [4.78, 5) is 22.9. The van der Waals surface area contributed by atoms with Crippen molar-refractivity contribution in [3.05, 3.63) is 131 Å². The summed E-state index contributed by atoms with van der Waals surface area (Å²) < 4.78 is 7.63. The quantitative estimate of drug-likeness (QED) is 0.257. The lowest BCUT2D eigenvalue weighted by Gasteiger charge is -2.42. The van der Waals surface area contributed by atoms with E-state index in [0.29, 0.717) is 0 Å². The summed E-state index contributed by atoms with van der Waals surface area (Å²) in [5.74, 6) is 0. The van der Waals surface area contributed by atoms with Crippen LogP contribution in [-0.4, -0.2) is 59.3 Å².